The summed E-state index contributed by atoms with van der Waals surface area (Å²) in [5, 5.41) is 4.58. The number of rotatable bonds is 3. The van der Waals surface area contributed by atoms with Gasteiger partial charge < -0.3 is 10.1 Å². The van der Waals surface area contributed by atoms with Crippen molar-refractivity contribution in [2.45, 2.75) is 38.8 Å². The van der Waals surface area contributed by atoms with Crippen molar-refractivity contribution in [3.05, 3.63) is 36.5 Å². The van der Waals surface area contributed by atoms with Crippen LogP contribution in [-0.4, -0.2) is 24.2 Å². The number of likely N-dealkylation sites (N-methyl/N-ethyl adjacent to an activating group) is 1. The van der Waals surface area contributed by atoms with E-state index in [-0.39, 0.29) is 6.10 Å². The quantitative estimate of drug-likeness (QED) is 0.934. The van der Waals surface area contributed by atoms with E-state index < -0.39 is 0 Å². The van der Waals surface area contributed by atoms with Crippen molar-refractivity contribution in [3.63, 3.8) is 0 Å². The van der Waals surface area contributed by atoms with Gasteiger partial charge in [0.15, 0.2) is 0 Å². The zero-order valence-electron chi connectivity index (χ0n) is 13.0. The second-order valence-electron chi connectivity index (χ2n) is 6.39. The summed E-state index contributed by atoms with van der Waals surface area (Å²) in [5.74, 6) is 2.24. The molecule has 1 N–H and O–H groups in total. The largest absolute Gasteiger partial charge is 0.488 e. The SMILES string of the molecule is CNC1CC(C)CC(C)C1Oc1ccc2cccnc2c1. The predicted octanol–water partition coefficient (Wildman–Crippen LogP) is 3.64. The number of fused-ring (bicyclic) bond motifs is 1. The van der Waals surface area contributed by atoms with Crippen molar-refractivity contribution in [1.29, 1.82) is 0 Å². The van der Waals surface area contributed by atoms with Crippen LogP contribution in [0.3, 0.4) is 0 Å². The molecular weight excluding hydrogens is 260 g/mol. The first-order chi connectivity index (χ1) is 10.2. The van der Waals surface area contributed by atoms with Gasteiger partial charge in [0.1, 0.15) is 11.9 Å². The van der Waals surface area contributed by atoms with Gasteiger partial charge in [-0.2, -0.15) is 0 Å². The van der Waals surface area contributed by atoms with E-state index in [1.54, 1.807) is 0 Å². The molecule has 3 heteroatoms. The molecule has 1 saturated carbocycles. The second kappa shape index (κ2) is 6.02. The minimum Gasteiger partial charge on any atom is -0.488 e. The van der Waals surface area contributed by atoms with Crippen molar-refractivity contribution in [2.75, 3.05) is 7.05 Å². The van der Waals surface area contributed by atoms with Gasteiger partial charge in [-0.25, -0.2) is 0 Å². The van der Waals surface area contributed by atoms with Crippen molar-refractivity contribution in [2.24, 2.45) is 11.8 Å². The Balaban J connectivity index is 1.82. The lowest BCUT2D eigenvalue weighted by molar-refractivity contribution is 0.0508. The molecule has 0 saturated heterocycles. The minimum atomic E-state index is 0.229. The molecule has 1 fully saturated rings. The lowest BCUT2D eigenvalue weighted by Crippen LogP contribution is -2.49. The van der Waals surface area contributed by atoms with Gasteiger partial charge in [-0.1, -0.05) is 19.9 Å². The van der Waals surface area contributed by atoms with Crippen LogP contribution in [0, 0.1) is 11.8 Å². The lowest BCUT2D eigenvalue weighted by atomic mass is 9.78. The van der Waals surface area contributed by atoms with Gasteiger partial charge in [-0.3, -0.25) is 4.98 Å². The number of ether oxygens (including phenoxy) is 1. The molecule has 0 amide bonds. The smallest absolute Gasteiger partial charge is 0.122 e. The van der Waals surface area contributed by atoms with Gasteiger partial charge in [0.2, 0.25) is 0 Å². The van der Waals surface area contributed by atoms with Crippen molar-refractivity contribution < 1.29 is 4.74 Å². The van der Waals surface area contributed by atoms with Crippen LogP contribution in [0.4, 0.5) is 0 Å². The number of hydrogen-bond donors (Lipinski definition) is 1. The average molecular weight is 284 g/mol. The Labute approximate surface area is 126 Å². The second-order valence-corrected chi connectivity index (χ2v) is 6.39. The maximum absolute atomic E-state index is 6.33. The normalized spacial score (nSPS) is 29.5. The summed E-state index contributed by atoms with van der Waals surface area (Å²) in [6.07, 6.45) is 4.46. The summed E-state index contributed by atoms with van der Waals surface area (Å²) >= 11 is 0. The Hall–Kier alpha value is -1.61. The Morgan fingerprint density at radius 3 is 2.86 bits per heavy atom. The molecular formula is C18H24N2O. The average Bonchev–Trinajstić information content (AvgIpc) is 2.49. The summed E-state index contributed by atoms with van der Waals surface area (Å²) in [7, 11) is 2.04. The fourth-order valence-corrected chi connectivity index (χ4v) is 3.59. The van der Waals surface area contributed by atoms with E-state index in [1.807, 2.05) is 25.4 Å². The first-order valence-electron chi connectivity index (χ1n) is 7.86. The monoisotopic (exact) mass is 284 g/mol. The summed E-state index contributed by atoms with van der Waals surface area (Å²) in [5.41, 5.74) is 0.993. The predicted molar refractivity (Wildman–Crippen MR) is 86.6 cm³/mol. The summed E-state index contributed by atoms with van der Waals surface area (Å²) in [4.78, 5) is 4.41. The number of aromatic nitrogens is 1. The van der Waals surface area contributed by atoms with Crippen molar-refractivity contribution >= 4 is 10.9 Å². The molecule has 3 nitrogen and oxygen atoms in total. The molecule has 1 aromatic carbocycles. The van der Waals surface area contributed by atoms with Gasteiger partial charge in [0, 0.05) is 23.7 Å². The van der Waals surface area contributed by atoms with Crippen LogP contribution in [0.5, 0.6) is 5.75 Å². The van der Waals surface area contributed by atoms with Gasteiger partial charge in [-0.15, -0.1) is 0 Å². The van der Waals surface area contributed by atoms with E-state index >= 15 is 0 Å². The number of nitrogens with zero attached hydrogens (tertiary/aromatic N) is 1. The fraction of sp³-hybridized carbons (Fsp3) is 0.500. The van der Waals surface area contributed by atoms with Gasteiger partial charge in [-0.05, 0) is 49.9 Å². The van der Waals surface area contributed by atoms with Crippen LogP contribution in [0.15, 0.2) is 36.5 Å². The third-order valence-corrected chi connectivity index (χ3v) is 4.61. The fourth-order valence-electron chi connectivity index (χ4n) is 3.59. The molecule has 1 aliphatic rings. The van der Waals surface area contributed by atoms with E-state index in [0.717, 1.165) is 22.6 Å². The van der Waals surface area contributed by atoms with Crippen molar-refractivity contribution in [3.8, 4) is 5.75 Å². The molecule has 0 spiro atoms. The first kappa shape index (κ1) is 14.3. The lowest BCUT2D eigenvalue weighted by Gasteiger charge is -2.39. The van der Waals surface area contributed by atoms with E-state index in [9.17, 15) is 0 Å². The molecule has 1 aromatic heterocycles. The maximum Gasteiger partial charge on any atom is 0.122 e. The van der Waals surface area contributed by atoms with E-state index in [1.165, 1.54) is 12.8 Å². The Morgan fingerprint density at radius 2 is 2.05 bits per heavy atom. The first-order valence-corrected chi connectivity index (χ1v) is 7.86. The van der Waals surface area contributed by atoms with Crippen LogP contribution < -0.4 is 10.1 Å². The zero-order chi connectivity index (χ0) is 14.8. The highest BCUT2D eigenvalue weighted by Crippen LogP contribution is 2.32. The minimum absolute atomic E-state index is 0.229. The van der Waals surface area contributed by atoms with Gasteiger partial charge in [0.25, 0.3) is 0 Å². The number of hydrogen-bond acceptors (Lipinski definition) is 3. The van der Waals surface area contributed by atoms with Crippen LogP contribution in [0.2, 0.25) is 0 Å². The third kappa shape index (κ3) is 3.03. The van der Waals surface area contributed by atoms with Crippen LogP contribution in [-0.2, 0) is 0 Å². The Bertz CT molecular complexity index is 613. The summed E-state index contributed by atoms with van der Waals surface area (Å²) in [6, 6.07) is 10.7. The molecule has 2 aromatic rings. The number of pyridine rings is 1. The van der Waals surface area contributed by atoms with E-state index in [0.29, 0.717) is 12.0 Å². The molecule has 4 unspecified atom stereocenters. The molecule has 1 heterocycles. The number of benzene rings is 1. The van der Waals surface area contributed by atoms with Crippen LogP contribution in [0.25, 0.3) is 10.9 Å². The number of nitrogens with one attached hydrogen (secondary N) is 1. The molecule has 21 heavy (non-hydrogen) atoms. The maximum atomic E-state index is 6.33. The molecule has 3 rings (SSSR count). The van der Waals surface area contributed by atoms with Gasteiger partial charge >= 0.3 is 0 Å². The van der Waals surface area contributed by atoms with Gasteiger partial charge in [0.05, 0.1) is 5.52 Å². The van der Waals surface area contributed by atoms with Crippen molar-refractivity contribution in [1.82, 2.24) is 10.3 Å². The molecule has 0 bridgehead atoms. The highest BCUT2D eigenvalue weighted by molar-refractivity contribution is 5.79. The van der Waals surface area contributed by atoms with E-state index in [4.69, 9.17) is 4.74 Å². The zero-order valence-corrected chi connectivity index (χ0v) is 13.0. The Morgan fingerprint density at radius 1 is 1.19 bits per heavy atom. The van der Waals surface area contributed by atoms with Crippen LogP contribution >= 0.6 is 0 Å². The summed E-state index contributed by atoms with van der Waals surface area (Å²) in [6.45, 7) is 4.63. The topological polar surface area (TPSA) is 34.1 Å². The third-order valence-electron chi connectivity index (χ3n) is 4.61. The van der Waals surface area contributed by atoms with Crippen LogP contribution in [0.1, 0.15) is 26.7 Å². The Kier molecular flexibility index (Phi) is 4.11. The molecule has 4 atom stereocenters. The highest BCUT2D eigenvalue weighted by Gasteiger charge is 2.34. The molecule has 112 valence electrons. The molecule has 1 aliphatic carbocycles. The summed E-state index contributed by atoms with van der Waals surface area (Å²) < 4.78 is 6.33. The highest BCUT2D eigenvalue weighted by atomic mass is 16.5. The molecule has 0 radical (unpaired) electrons. The standard InChI is InChI=1S/C18H24N2O/c1-12-9-13(2)18(17(10-12)19-3)21-15-7-6-14-5-4-8-20-16(14)11-15/h4-8,11-13,17-19H,9-10H2,1-3H3. The molecule has 0 aliphatic heterocycles. The van der Waals surface area contributed by atoms with E-state index in [2.05, 4.69) is 42.3 Å².